The van der Waals surface area contributed by atoms with Gasteiger partial charge in [0.15, 0.2) is 24.8 Å². The van der Waals surface area contributed by atoms with E-state index in [-0.39, 0.29) is 25.7 Å². The number of hydrogen-bond acceptors (Lipinski definition) is 16. The number of aliphatic hydroxyl groups is 3. The second-order valence-corrected chi connectivity index (χ2v) is 20.1. The van der Waals surface area contributed by atoms with Crippen molar-refractivity contribution in [2.75, 3.05) is 21.2 Å². The molecule has 0 aliphatic carbocycles. The number of methoxy groups -OCH3 is 1. The Kier molecular flexibility index (Phi) is 18.6. The molecular weight excluding hydrogens is 879 g/mol. The Morgan fingerprint density at radius 3 is 1.88 bits per heavy atom. The second kappa shape index (κ2) is 22.9. The Morgan fingerprint density at radius 1 is 0.779 bits per heavy atom. The van der Waals surface area contributed by atoms with Crippen molar-refractivity contribution in [1.29, 1.82) is 0 Å². The molecule has 3 fully saturated rings. The number of ether oxygens (including phenoxy) is 8. The number of benzene rings is 2. The van der Waals surface area contributed by atoms with Crippen LogP contribution >= 0.6 is 0 Å². The molecular formula is C52H77NO15. The largest absolute Gasteiger partial charge is 0.459 e. The third kappa shape index (κ3) is 12.2. The Hall–Kier alpha value is -3.84. The summed E-state index contributed by atoms with van der Waals surface area (Å²) in [7, 11) is 5.21. The normalized spacial score (nSPS) is 39.9. The lowest BCUT2D eigenvalue weighted by molar-refractivity contribution is -0.317. The fraction of sp³-hybridized carbons (Fsp3) is 0.692. The zero-order chi connectivity index (χ0) is 50.5. The summed E-state index contributed by atoms with van der Waals surface area (Å²) in [5.74, 6) is -6.57. The molecule has 68 heavy (non-hydrogen) atoms. The lowest BCUT2D eigenvalue weighted by Gasteiger charge is -2.49. The molecule has 0 aromatic heterocycles. The first-order valence-electron chi connectivity index (χ1n) is 24.1. The van der Waals surface area contributed by atoms with E-state index < -0.39 is 132 Å². The van der Waals surface area contributed by atoms with Gasteiger partial charge in [-0.3, -0.25) is 9.59 Å². The smallest absolute Gasteiger partial charge is 0.338 e. The van der Waals surface area contributed by atoms with Gasteiger partial charge >= 0.3 is 17.9 Å². The number of carbonyl (C=O) groups is 4. The number of rotatable bonds is 12. The molecule has 3 saturated heterocycles. The van der Waals surface area contributed by atoms with Crippen LogP contribution in [-0.2, 0) is 47.5 Å². The van der Waals surface area contributed by atoms with Crippen LogP contribution in [0, 0.1) is 23.7 Å². The fourth-order valence-corrected chi connectivity index (χ4v) is 10.5. The van der Waals surface area contributed by atoms with Gasteiger partial charge in [0.1, 0.15) is 23.1 Å². The van der Waals surface area contributed by atoms with Gasteiger partial charge < -0.3 is 58.1 Å². The van der Waals surface area contributed by atoms with Gasteiger partial charge in [0.25, 0.3) is 0 Å². The SMILES string of the molecule is CC[C@H]1OC(=O)[C@H](C)[C@@H](O[C@H]2C[C@@](C)(OC)[C@@H](OC(=O)c3ccccc3)[C@H](C)O2)[C@H](C)[C@@H](O[C@@H]2O[C@H](C)C[C@H](N(C)C)[C@H]2OC(=O)c2ccccc2)[C@@](C)(O)C[C@@H](C)C(=O)[C@H](C)[C@@H](O)C1(O)CC. The van der Waals surface area contributed by atoms with Crippen LogP contribution in [0.5, 0.6) is 0 Å². The highest BCUT2D eigenvalue weighted by molar-refractivity contribution is 5.90. The minimum Gasteiger partial charge on any atom is -0.459 e. The lowest BCUT2D eigenvalue weighted by Crippen LogP contribution is -2.62. The van der Waals surface area contributed by atoms with Gasteiger partial charge in [0.2, 0.25) is 0 Å². The quantitative estimate of drug-likeness (QED) is 0.167. The number of esters is 3. The van der Waals surface area contributed by atoms with Gasteiger partial charge in [-0.1, -0.05) is 71.0 Å². The monoisotopic (exact) mass is 956 g/mol. The van der Waals surface area contributed by atoms with Crippen molar-refractivity contribution in [1.82, 2.24) is 4.90 Å². The second-order valence-electron chi connectivity index (χ2n) is 20.1. The van der Waals surface area contributed by atoms with Crippen molar-refractivity contribution >= 4 is 23.7 Å². The Labute approximate surface area is 402 Å². The average molecular weight is 956 g/mol. The van der Waals surface area contributed by atoms with Gasteiger partial charge in [0, 0.05) is 31.3 Å². The van der Waals surface area contributed by atoms with Crippen molar-refractivity contribution < 1.29 is 72.4 Å². The standard InChI is InChI=1S/C52H77NO15/c1-14-38-52(60,15-2)43(55)31(5)40(54)29(3)27-50(9,59)44(68-49-42(37(53(11)12)26-30(4)62-49)66-47(57)35-22-18-16-19-23-35)32(6)41(33(7)46(56)64-38)65-39-28-51(10,61-13)45(34(8)63-39)67-48(58)36-24-20-17-21-25-36/h16-25,29-34,37-39,41-45,49,55,59-60H,14-15,26-28H2,1-13H3/t29-,30-,31+,32+,33-,34+,37+,38-,39+,41+,42-,43-,44-,45+,49+,50+,51-,52?/m1/s1. The zero-order valence-corrected chi connectivity index (χ0v) is 42.2. The van der Waals surface area contributed by atoms with Crippen molar-refractivity contribution in [3.8, 4) is 0 Å². The average Bonchev–Trinajstić information content (AvgIpc) is 3.31. The summed E-state index contributed by atoms with van der Waals surface area (Å²) in [6, 6.07) is 16.7. The first-order chi connectivity index (χ1) is 31.9. The highest BCUT2D eigenvalue weighted by atomic mass is 16.7. The van der Waals surface area contributed by atoms with Crippen molar-refractivity contribution in [2.24, 2.45) is 23.7 Å². The Balaban J connectivity index is 1.61. The molecule has 0 spiro atoms. The zero-order valence-electron chi connectivity index (χ0n) is 42.2. The topological polar surface area (TPSA) is 206 Å². The number of Topliss-reactive ketones (excluding diaryl/α,β-unsaturated/α-hetero) is 1. The highest BCUT2D eigenvalue weighted by Gasteiger charge is 2.55. The molecule has 3 aliphatic rings. The molecule has 16 heteroatoms. The van der Waals surface area contributed by atoms with Crippen LogP contribution in [0.15, 0.2) is 60.7 Å². The van der Waals surface area contributed by atoms with Crippen molar-refractivity contribution in [3.05, 3.63) is 71.8 Å². The van der Waals surface area contributed by atoms with E-state index >= 15 is 0 Å². The minimum absolute atomic E-state index is 0.0154. The lowest BCUT2D eigenvalue weighted by atomic mass is 9.73. The molecule has 3 heterocycles. The number of aliphatic hydroxyl groups excluding tert-OH is 1. The summed E-state index contributed by atoms with van der Waals surface area (Å²) in [5, 5.41) is 36.8. The minimum atomic E-state index is -2.02. The molecule has 5 rings (SSSR count). The molecule has 18 atom stereocenters. The molecule has 2 aromatic rings. The van der Waals surface area contributed by atoms with E-state index in [9.17, 15) is 34.5 Å². The van der Waals surface area contributed by atoms with E-state index in [1.54, 1.807) is 109 Å². The van der Waals surface area contributed by atoms with Crippen LogP contribution in [-0.4, -0.2) is 149 Å². The molecule has 0 radical (unpaired) electrons. The van der Waals surface area contributed by atoms with Crippen LogP contribution in [0.2, 0.25) is 0 Å². The van der Waals surface area contributed by atoms with Crippen LogP contribution in [0.4, 0.5) is 0 Å². The number of hydrogen-bond donors (Lipinski definition) is 3. The number of likely N-dealkylation sites (N-methyl/N-ethyl adjacent to an activating group) is 1. The van der Waals surface area contributed by atoms with Crippen molar-refractivity contribution in [3.63, 3.8) is 0 Å². The number of cyclic esters (lactones) is 1. The summed E-state index contributed by atoms with van der Waals surface area (Å²) in [4.78, 5) is 58.0. The number of nitrogens with zero attached hydrogens (tertiary/aromatic N) is 1. The van der Waals surface area contributed by atoms with Crippen LogP contribution < -0.4 is 0 Å². The molecule has 0 amide bonds. The van der Waals surface area contributed by atoms with Crippen molar-refractivity contribution in [2.45, 2.75) is 186 Å². The van der Waals surface area contributed by atoms with E-state index in [0.717, 1.165) is 0 Å². The fourth-order valence-electron chi connectivity index (χ4n) is 10.5. The maximum Gasteiger partial charge on any atom is 0.338 e. The number of carbonyl (C=O) groups excluding carboxylic acids is 4. The summed E-state index contributed by atoms with van der Waals surface area (Å²) in [6.07, 6.45) is -10.6. The predicted molar refractivity (Wildman–Crippen MR) is 250 cm³/mol. The maximum absolute atomic E-state index is 14.7. The molecule has 3 N–H and O–H groups in total. The van der Waals surface area contributed by atoms with E-state index in [1.165, 1.54) is 21.0 Å². The summed E-state index contributed by atoms with van der Waals surface area (Å²) in [5.41, 5.74) is -4.44. The molecule has 2 aromatic carbocycles. The van der Waals surface area contributed by atoms with Gasteiger partial charge in [0.05, 0.1) is 59.2 Å². The van der Waals surface area contributed by atoms with E-state index in [0.29, 0.717) is 17.5 Å². The molecule has 0 saturated carbocycles. The molecule has 0 bridgehead atoms. The van der Waals surface area contributed by atoms with Crippen LogP contribution in [0.1, 0.15) is 122 Å². The maximum atomic E-state index is 14.7. The molecule has 16 nitrogen and oxygen atoms in total. The molecule has 1 unspecified atom stereocenters. The summed E-state index contributed by atoms with van der Waals surface area (Å²) < 4.78 is 51.4. The summed E-state index contributed by atoms with van der Waals surface area (Å²) in [6.45, 7) is 16.7. The number of ketones is 1. The van der Waals surface area contributed by atoms with E-state index in [1.807, 2.05) is 25.9 Å². The third-order valence-corrected chi connectivity index (χ3v) is 14.6. The van der Waals surface area contributed by atoms with Crippen LogP contribution in [0.25, 0.3) is 0 Å². The summed E-state index contributed by atoms with van der Waals surface area (Å²) >= 11 is 0. The Morgan fingerprint density at radius 2 is 1.35 bits per heavy atom. The van der Waals surface area contributed by atoms with Gasteiger partial charge in [-0.25, -0.2) is 9.59 Å². The predicted octanol–water partition coefficient (Wildman–Crippen LogP) is 5.91. The third-order valence-electron chi connectivity index (χ3n) is 14.6. The first kappa shape index (κ1) is 55.1. The highest BCUT2D eigenvalue weighted by Crippen LogP contribution is 2.42. The Bertz CT molecular complexity index is 1980. The molecule has 380 valence electrons. The van der Waals surface area contributed by atoms with Crippen LogP contribution in [0.3, 0.4) is 0 Å². The van der Waals surface area contributed by atoms with Gasteiger partial charge in [-0.2, -0.15) is 0 Å². The van der Waals surface area contributed by atoms with E-state index in [2.05, 4.69) is 0 Å². The molecule has 3 aliphatic heterocycles. The first-order valence-corrected chi connectivity index (χ1v) is 24.1. The van der Waals surface area contributed by atoms with E-state index in [4.69, 9.17) is 37.9 Å². The van der Waals surface area contributed by atoms with Gasteiger partial charge in [-0.05, 0) is 98.7 Å². The van der Waals surface area contributed by atoms with Gasteiger partial charge in [-0.15, -0.1) is 0 Å².